The van der Waals surface area contributed by atoms with E-state index in [4.69, 9.17) is 0 Å². The van der Waals surface area contributed by atoms with Gasteiger partial charge in [-0.05, 0) is 31.0 Å². The average molecular weight is 248 g/mol. The molecule has 2 N–H and O–H groups in total. The highest BCUT2D eigenvalue weighted by Crippen LogP contribution is 2.36. The summed E-state index contributed by atoms with van der Waals surface area (Å²) >= 11 is 1.70. The van der Waals surface area contributed by atoms with Gasteiger partial charge in [0.15, 0.2) is 0 Å². The van der Waals surface area contributed by atoms with Gasteiger partial charge in [0, 0.05) is 17.5 Å². The van der Waals surface area contributed by atoms with Gasteiger partial charge in [0.2, 0.25) is 5.91 Å². The van der Waals surface area contributed by atoms with Crippen LogP contribution in [0.25, 0.3) is 0 Å². The lowest BCUT2D eigenvalue weighted by atomic mass is 10.1. The number of rotatable bonds is 2. The van der Waals surface area contributed by atoms with E-state index in [2.05, 4.69) is 22.8 Å². The molecule has 1 aromatic rings. The predicted octanol–water partition coefficient (Wildman–Crippen LogP) is 1.18. The van der Waals surface area contributed by atoms with Crippen LogP contribution in [0.3, 0.4) is 0 Å². The Morgan fingerprint density at radius 1 is 1.41 bits per heavy atom. The topological polar surface area (TPSA) is 41.1 Å². The molecular formula is C13H16N2OS. The Morgan fingerprint density at radius 2 is 2.29 bits per heavy atom. The van der Waals surface area contributed by atoms with Gasteiger partial charge in [-0.1, -0.05) is 18.2 Å². The second-order valence-electron chi connectivity index (χ2n) is 4.62. The van der Waals surface area contributed by atoms with Gasteiger partial charge in [-0.2, -0.15) is 0 Å². The number of fused-ring (bicyclic) bond motifs is 1. The number of amides is 1. The van der Waals surface area contributed by atoms with Crippen LogP contribution >= 0.6 is 11.8 Å². The van der Waals surface area contributed by atoms with Gasteiger partial charge in [-0.3, -0.25) is 4.79 Å². The van der Waals surface area contributed by atoms with Crippen LogP contribution < -0.4 is 10.6 Å². The third kappa shape index (κ3) is 2.33. The van der Waals surface area contributed by atoms with E-state index >= 15 is 0 Å². The van der Waals surface area contributed by atoms with E-state index in [-0.39, 0.29) is 11.2 Å². The molecule has 90 valence electrons. The maximum Gasteiger partial charge on any atom is 0.234 e. The first-order valence-electron chi connectivity index (χ1n) is 6.08. The van der Waals surface area contributed by atoms with E-state index in [0.717, 1.165) is 25.9 Å². The summed E-state index contributed by atoms with van der Waals surface area (Å²) in [6.45, 7) is 1.93. The molecule has 1 saturated heterocycles. The molecule has 1 fully saturated rings. The smallest absolute Gasteiger partial charge is 0.234 e. The van der Waals surface area contributed by atoms with Gasteiger partial charge in [-0.25, -0.2) is 0 Å². The zero-order chi connectivity index (χ0) is 11.7. The van der Waals surface area contributed by atoms with Crippen molar-refractivity contribution in [3.63, 3.8) is 0 Å². The summed E-state index contributed by atoms with van der Waals surface area (Å²) in [4.78, 5) is 13.4. The molecule has 3 rings (SSSR count). The lowest BCUT2D eigenvalue weighted by molar-refractivity contribution is -0.121. The van der Waals surface area contributed by atoms with Crippen LogP contribution in [0.2, 0.25) is 0 Å². The highest BCUT2D eigenvalue weighted by atomic mass is 32.2. The molecule has 2 unspecified atom stereocenters. The number of hydrogen-bond donors (Lipinski definition) is 2. The van der Waals surface area contributed by atoms with E-state index in [9.17, 15) is 4.79 Å². The molecule has 2 heterocycles. The summed E-state index contributed by atoms with van der Waals surface area (Å²) in [7, 11) is 0. The minimum atomic E-state index is 0.0630. The van der Waals surface area contributed by atoms with E-state index < -0.39 is 0 Å². The molecule has 1 aromatic carbocycles. The third-order valence-electron chi connectivity index (χ3n) is 3.35. The fourth-order valence-corrected chi connectivity index (χ4v) is 3.60. The van der Waals surface area contributed by atoms with Crippen molar-refractivity contribution in [1.82, 2.24) is 10.6 Å². The first kappa shape index (κ1) is 11.1. The van der Waals surface area contributed by atoms with Crippen molar-refractivity contribution in [2.45, 2.75) is 29.0 Å². The second kappa shape index (κ2) is 4.70. The summed E-state index contributed by atoms with van der Waals surface area (Å²) in [5, 5.41) is 6.46. The number of carbonyl (C=O) groups is 1. The second-order valence-corrected chi connectivity index (χ2v) is 5.86. The molecule has 1 amide bonds. The zero-order valence-corrected chi connectivity index (χ0v) is 10.4. The Labute approximate surface area is 105 Å². The average Bonchev–Trinajstić information content (AvgIpc) is 2.96. The predicted molar refractivity (Wildman–Crippen MR) is 69.2 cm³/mol. The number of nitrogens with one attached hydrogen (secondary N) is 2. The summed E-state index contributed by atoms with van der Waals surface area (Å²) < 4.78 is 0. The molecule has 0 spiro atoms. The summed E-state index contributed by atoms with van der Waals surface area (Å²) in [6, 6.07) is 8.62. The SMILES string of the molecule is O=C(NC1CCNC1)C1Cc2ccccc2S1. The highest BCUT2D eigenvalue weighted by molar-refractivity contribution is 8.01. The fraction of sp³-hybridized carbons (Fsp3) is 0.462. The Kier molecular flexibility index (Phi) is 3.07. The van der Waals surface area contributed by atoms with Crippen LogP contribution in [0, 0.1) is 0 Å². The molecular weight excluding hydrogens is 232 g/mol. The number of hydrogen-bond acceptors (Lipinski definition) is 3. The fourth-order valence-electron chi connectivity index (χ4n) is 2.40. The van der Waals surface area contributed by atoms with Crippen molar-refractivity contribution in [3.05, 3.63) is 29.8 Å². The molecule has 4 heteroatoms. The molecule has 3 nitrogen and oxygen atoms in total. The Balaban J connectivity index is 1.62. The highest BCUT2D eigenvalue weighted by Gasteiger charge is 2.29. The third-order valence-corrected chi connectivity index (χ3v) is 4.66. The van der Waals surface area contributed by atoms with Crippen molar-refractivity contribution in [3.8, 4) is 0 Å². The normalized spacial score (nSPS) is 26.8. The molecule has 2 atom stereocenters. The van der Waals surface area contributed by atoms with E-state index in [1.165, 1.54) is 10.5 Å². The number of benzene rings is 1. The van der Waals surface area contributed by atoms with Crippen molar-refractivity contribution in [1.29, 1.82) is 0 Å². The Hall–Kier alpha value is -1.00. The molecule has 2 aliphatic heterocycles. The maximum absolute atomic E-state index is 12.1. The molecule has 0 bridgehead atoms. The first-order chi connectivity index (χ1) is 8.33. The minimum absolute atomic E-state index is 0.0630. The van der Waals surface area contributed by atoms with Crippen molar-refractivity contribution < 1.29 is 4.79 Å². The van der Waals surface area contributed by atoms with Crippen LogP contribution in [0.4, 0.5) is 0 Å². The quantitative estimate of drug-likeness (QED) is 0.826. The molecule has 2 aliphatic rings. The first-order valence-corrected chi connectivity index (χ1v) is 6.96. The van der Waals surface area contributed by atoms with Crippen LogP contribution in [0.15, 0.2) is 29.2 Å². The Bertz CT molecular complexity index is 404. The molecule has 17 heavy (non-hydrogen) atoms. The molecule has 0 saturated carbocycles. The van der Waals surface area contributed by atoms with Gasteiger partial charge in [-0.15, -0.1) is 11.8 Å². The standard InChI is InChI=1S/C13H16N2OS/c16-13(15-10-5-6-14-8-10)12-7-9-3-1-2-4-11(9)17-12/h1-4,10,12,14H,5-8H2,(H,15,16). The maximum atomic E-state index is 12.1. The van der Waals surface area contributed by atoms with Crippen molar-refractivity contribution >= 4 is 17.7 Å². The van der Waals surface area contributed by atoms with Crippen molar-refractivity contribution in [2.75, 3.05) is 13.1 Å². The summed E-state index contributed by atoms with van der Waals surface area (Å²) in [5.74, 6) is 0.194. The molecule has 0 aliphatic carbocycles. The van der Waals surface area contributed by atoms with Crippen LogP contribution in [0.5, 0.6) is 0 Å². The minimum Gasteiger partial charge on any atom is -0.351 e. The number of carbonyl (C=O) groups excluding carboxylic acids is 1. The summed E-state index contributed by atoms with van der Waals surface area (Å²) in [6.07, 6.45) is 1.92. The lowest BCUT2D eigenvalue weighted by Gasteiger charge is -2.14. The number of thioether (sulfide) groups is 1. The molecule has 0 aromatic heterocycles. The van der Waals surface area contributed by atoms with Gasteiger partial charge in [0.1, 0.15) is 0 Å². The molecule has 0 radical (unpaired) electrons. The van der Waals surface area contributed by atoms with Gasteiger partial charge < -0.3 is 10.6 Å². The van der Waals surface area contributed by atoms with Gasteiger partial charge in [0.25, 0.3) is 0 Å². The van der Waals surface area contributed by atoms with E-state index in [1.54, 1.807) is 11.8 Å². The van der Waals surface area contributed by atoms with Crippen molar-refractivity contribution in [2.24, 2.45) is 0 Å². The lowest BCUT2D eigenvalue weighted by Crippen LogP contribution is -2.41. The van der Waals surface area contributed by atoms with E-state index in [0.29, 0.717) is 6.04 Å². The summed E-state index contributed by atoms with van der Waals surface area (Å²) in [5.41, 5.74) is 1.31. The zero-order valence-electron chi connectivity index (χ0n) is 9.61. The van der Waals surface area contributed by atoms with Gasteiger partial charge in [0.05, 0.1) is 5.25 Å². The Morgan fingerprint density at radius 3 is 3.06 bits per heavy atom. The van der Waals surface area contributed by atoms with Crippen LogP contribution in [-0.4, -0.2) is 30.3 Å². The van der Waals surface area contributed by atoms with Crippen LogP contribution in [0.1, 0.15) is 12.0 Å². The largest absolute Gasteiger partial charge is 0.351 e. The van der Waals surface area contributed by atoms with E-state index in [1.807, 2.05) is 12.1 Å². The monoisotopic (exact) mass is 248 g/mol. The van der Waals surface area contributed by atoms with Crippen LogP contribution in [-0.2, 0) is 11.2 Å². The van der Waals surface area contributed by atoms with Gasteiger partial charge >= 0.3 is 0 Å².